The fraction of sp³-hybridized carbons (Fsp3) is 0.286. The van der Waals surface area contributed by atoms with Crippen LogP contribution >= 0.6 is 0 Å². The molecule has 1 aromatic rings. The molecule has 3 N–H and O–H groups in total. The third kappa shape index (κ3) is 2.19. The van der Waals surface area contributed by atoms with Crippen LogP contribution < -0.4 is 5.73 Å². The largest absolute Gasteiger partial charge is 0.411 e. The van der Waals surface area contributed by atoms with Crippen molar-refractivity contribution in [2.75, 3.05) is 5.73 Å². The van der Waals surface area contributed by atoms with Crippen molar-refractivity contribution in [2.45, 2.75) is 13.3 Å². The van der Waals surface area contributed by atoms with Crippen LogP contribution in [0.2, 0.25) is 0 Å². The molecular weight excluding hydrogens is 156 g/mol. The van der Waals surface area contributed by atoms with Gasteiger partial charge in [-0.2, -0.15) is 0 Å². The molecule has 0 aromatic carbocycles. The first-order chi connectivity index (χ1) is 5.72. The van der Waals surface area contributed by atoms with Crippen molar-refractivity contribution < 1.29 is 5.21 Å². The molecule has 0 spiro atoms. The number of anilines is 1. The summed E-state index contributed by atoms with van der Waals surface area (Å²) in [6.45, 7) is 1.71. The van der Waals surface area contributed by atoms with Crippen molar-refractivity contribution in [1.29, 1.82) is 0 Å². The van der Waals surface area contributed by atoms with Crippen molar-refractivity contribution >= 4 is 11.7 Å². The zero-order chi connectivity index (χ0) is 8.97. The van der Waals surface area contributed by atoms with Crippen LogP contribution in [0.15, 0.2) is 17.4 Å². The van der Waals surface area contributed by atoms with Crippen LogP contribution in [0.3, 0.4) is 0 Å². The van der Waals surface area contributed by atoms with Gasteiger partial charge < -0.3 is 10.9 Å². The molecule has 0 unspecified atom stereocenters. The van der Waals surface area contributed by atoms with E-state index in [1.165, 1.54) is 0 Å². The topological polar surface area (TPSA) is 84.4 Å². The van der Waals surface area contributed by atoms with E-state index in [2.05, 4.69) is 15.1 Å². The van der Waals surface area contributed by atoms with Gasteiger partial charge in [0.1, 0.15) is 0 Å². The Morgan fingerprint density at radius 3 is 3.08 bits per heavy atom. The summed E-state index contributed by atoms with van der Waals surface area (Å²) < 4.78 is 0. The van der Waals surface area contributed by atoms with Crippen molar-refractivity contribution in [2.24, 2.45) is 5.16 Å². The second-order valence-electron chi connectivity index (χ2n) is 2.42. The SMILES string of the molecule is CC(Cc1ccnc(N)n1)=NO. The Bertz CT molecular complexity index is 297. The summed E-state index contributed by atoms with van der Waals surface area (Å²) in [6.07, 6.45) is 2.06. The Balaban J connectivity index is 2.76. The van der Waals surface area contributed by atoms with Crippen LogP contribution in [0, 0.1) is 0 Å². The average molecular weight is 166 g/mol. The minimum atomic E-state index is 0.234. The Hall–Kier alpha value is -1.65. The van der Waals surface area contributed by atoms with E-state index in [1.54, 1.807) is 19.2 Å². The highest BCUT2D eigenvalue weighted by Gasteiger charge is 1.98. The molecule has 0 amide bonds. The molecule has 0 aliphatic rings. The smallest absolute Gasteiger partial charge is 0.220 e. The van der Waals surface area contributed by atoms with Crippen LogP contribution in [-0.2, 0) is 6.42 Å². The van der Waals surface area contributed by atoms with Gasteiger partial charge in [0.2, 0.25) is 5.95 Å². The Morgan fingerprint density at radius 1 is 1.75 bits per heavy atom. The standard InChI is InChI=1S/C7H10N4O/c1-5(11-12)4-6-2-3-9-7(8)10-6/h2-3,12H,4H2,1H3,(H2,8,9,10). The van der Waals surface area contributed by atoms with E-state index < -0.39 is 0 Å². The van der Waals surface area contributed by atoms with E-state index in [-0.39, 0.29) is 5.95 Å². The van der Waals surface area contributed by atoms with E-state index in [9.17, 15) is 0 Å². The maximum Gasteiger partial charge on any atom is 0.220 e. The number of rotatable bonds is 2. The van der Waals surface area contributed by atoms with E-state index in [1.807, 2.05) is 0 Å². The summed E-state index contributed by atoms with van der Waals surface area (Å²) in [7, 11) is 0. The van der Waals surface area contributed by atoms with Gasteiger partial charge in [0.25, 0.3) is 0 Å². The highest BCUT2D eigenvalue weighted by molar-refractivity contribution is 5.83. The number of nitrogens with two attached hydrogens (primary N) is 1. The van der Waals surface area contributed by atoms with Crippen molar-refractivity contribution in [3.05, 3.63) is 18.0 Å². The third-order valence-electron chi connectivity index (χ3n) is 1.34. The maximum atomic E-state index is 8.38. The maximum absolute atomic E-state index is 8.38. The van der Waals surface area contributed by atoms with Crippen LogP contribution in [0.5, 0.6) is 0 Å². The van der Waals surface area contributed by atoms with Crippen molar-refractivity contribution in [3.63, 3.8) is 0 Å². The Kier molecular flexibility index (Phi) is 2.57. The molecule has 1 heterocycles. The van der Waals surface area contributed by atoms with E-state index in [0.29, 0.717) is 12.1 Å². The number of oxime groups is 1. The zero-order valence-corrected chi connectivity index (χ0v) is 6.73. The summed E-state index contributed by atoms with van der Waals surface area (Å²) >= 11 is 0. The average Bonchev–Trinajstić information content (AvgIpc) is 2.04. The monoisotopic (exact) mass is 166 g/mol. The molecule has 0 atom stereocenters. The van der Waals surface area contributed by atoms with Gasteiger partial charge in [0.15, 0.2) is 0 Å². The molecule has 0 radical (unpaired) electrons. The third-order valence-corrected chi connectivity index (χ3v) is 1.34. The number of aromatic nitrogens is 2. The van der Waals surface area contributed by atoms with Crippen molar-refractivity contribution in [1.82, 2.24) is 9.97 Å². The van der Waals surface area contributed by atoms with E-state index >= 15 is 0 Å². The number of nitrogens with zero attached hydrogens (tertiary/aromatic N) is 3. The summed E-state index contributed by atoms with van der Waals surface area (Å²) in [4.78, 5) is 7.67. The Morgan fingerprint density at radius 2 is 2.50 bits per heavy atom. The first-order valence-electron chi connectivity index (χ1n) is 3.47. The molecule has 12 heavy (non-hydrogen) atoms. The molecule has 64 valence electrons. The molecular formula is C7H10N4O. The summed E-state index contributed by atoms with van der Waals surface area (Å²) in [5.41, 5.74) is 6.69. The van der Waals surface area contributed by atoms with Gasteiger partial charge in [-0.1, -0.05) is 5.16 Å². The highest BCUT2D eigenvalue weighted by atomic mass is 16.4. The van der Waals surface area contributed by atoms with Crippen LogP contribution in [0.25, 0.3) is 0 Å². The normalized spacial score (nSPS) is 11.6. The first kappa shape index (κ1) is 8.45. The lowest BCUT2D eigenvalue weighted by molar-refractivity contribution is 0.317. The lowest BCUT2D eigenvalue weighted by Crippen LogP contribution is -2.03. The molecule has 0 saturated heterocycles. The molecule has 0 fully saturated rings. The highest BCUT2D eigenvalue weighted by Crippen LogP contribution is 1.98. The lowest BCUT2D eigenvalue weighted by Gasteiger charge is -1.98. The van der Waals surface area contributed by atoms with Gasteiger partial charge in [-0.3, -0.25) is 0 Å². The fourth-order valence-corrected chi connectivity index (χ4v) is 0.809. The van der Waals surface area contributed by atoms with Gasteiger partial charge >= 0.3 is 0 Å². The lowest BCUT2D eigenvalue weighted by atomic mass is 10.2. The van der Waals surface area contributed by atoms with Crippen LogP contribution in [-0.4, -0.2) is 20.9 Å². The fourth-order valence-electron chi connectivity index (χ4n) is 0.809. The minimum Gasteiger partial charge on any atom is -0.411 e. The predicted octanol–water partition coefficient (Wildman–Crippen LogP) is 0.451. The molecule has 0 bridgehead atoms. The van der Waals surface area contributed by atoms with Gasteiger partial charge in [0, 0.05) is 12.6 Å². The number of hydrogen-bond donors (Lipinski definition) is 2. The van der Waals surface area contributed by atoms with Gasteiger partial charge in [-0.25, -0.2) is 9.97 Å². The van der Waals surface area contributed by atoms with Crippen molar-refractivity contribution in [3.8, 4) is 0 Å². The summed E-state index contributed by atoms with van der Waals surface area (Å²) in [5, 5.41) is 11.4. The summed E-state index contributed by atoms with van der Waals surface area (Å²) in [5.74, 6) is 0.234. The molecule has 0 aliphatic carbocycles. The molecule has 0 saturated carbocycles. The van der Waals surface area contributed by atoms with Gasteiger partial charge in [0.05, 0.1) is 11.4 Å². The van der Waals surface area contributed by atoms with E-state index in [4.69, 9.17) is 10.9 Å². The van der Waals surface area contributed by atoms with Gasteiger partial charge in [-0.05, 0) is 13.0 Å². The molecule has 5 heteroatoms. The van der Waals surface area contributed by atoms with Crippen LogP contribution in [0.1, 0.15) is 12.6 Å². The molecule has 0 aliphatic heterocycles. The second kappa shape index (κ2) is 3.66. The predicted molar refractivity (Wildman–Crippen MR) is 45.0 cm³/mol. The zero-order valence-electron chi connectivity index (χ0n) is 6.73. The minimum absolute atomic E-state index is 0.234. The number of nitrogen functional groups attached to an aromatic ring is 1. The first-order valence-corrected chi connectivity index (χ1v) is 3.47. The molecule has 5 nitrogen and oxygen atoms in total. The van der Waals surface area contributed by atoms with Gasteiger partial charge in [-0.15, -0.1) is 0 Å². The van der Waals surface area contributed by atoms with Crippen LogP contribution in [0.4, 0.5) is 5.95 Å². The second-order valence-corrected chi connectivity index (χ2v) is 2.42. The molecule has 1 rings (SSSR count). The quantitative estimate of drug-likeness (QED) is 0.379. The number of hydrogen-bond acceptors (Lipinski definition) is 5. The Labute approximate surface area is 69.9 Å². The molecule has 1 aromatic heterocycles. The summed E-state index contributed by atoms with van der Waals surface area (Å²) in [6, 6.07) is 1.73. The van der Waals surface area contributed by atoms with E-state index in [0.717, 1.165) is 5.69 Å².